The third-order valence-corrected chi connectivity index (χ3v) is 3.88. The summed E-state index contributed by atoms with van der Waals surface area (Å²) in [6.07, 6.45) is 2.36. The predicted octanol–water partition coefficient (Wildman–Crippen LogP) is 3.28. The smallest absolute Gasteiger partial charge is 0.127 e. The number of nitrogens with one attached hydrogen (secondary N) is 1. The molecule has 1 rings (SSSR count). The Hall–Kier alpha value is -0.930. The van der Waals surface area contributed by atoms with E-state index in [1.54, 1.807) is 6.07 Å². The van der Waals surface area contributed by atoms with E-state index < -0.39 is 0 Å². The summed E-state index contributed by atoms with van der Waals surface area (Å²) in [5.41, 5.74) is 0.740. The lowest BCUT2D eigenvalue weighted by Gasteiger charge is -2.31. The van der Waals surface area contributed by atoms with Crippen molar-refractivity contribution in [3.8, 4) is 0 Å². The third-order valence-electron chi connectivity index (χ3n) is 3.88. The molecule has 19 heavy (non-hydrogen) atoms. The number of hydrogen-bond donors (Lipinski definition) is 1. The lowest BCUT2D eigenvalue weighted by atomic mass is 9.93. The summed E-state index contributed by atoms with van der Waals surface area (Å²) in [4.78, 5) is 2.27. The van der Waals surface area contributed by atoms with Gasteiger partial charge >= 0.3 is 0 Å². The molecule has 0 saturated carbocycles. The molecule has 3 heteroatoms. The number of benzene rings is 1. The first kappa shape index (κ1) is 16.1. The normalized spacial score (nSPS) is 13.2. The quantitative estimate of drug-likeness (QED) is 0.777. The molecule has 1 N–H and O–H groups in total. The average molecular weight is 266 g/mol. The van der Waals surface area contributed by atoms with Crippen molar-refractivity contribution >= 4 is 0 Å². The monoisotopic (exact) mass is 266 g/mol. The average Bonchev–Trinajstić information content (AvgIpc) is 2.40. The molecule has 1 unspecified atom stereocenters. The van der Waals surface area contributed by atoms with Gasteiger partial charge in [0.2, 0.25) is 0 Å². The number of rotatable bonds is 8. The van der Waals surface area contributed by atoms with Crippen LogP contribution in [0.5, 0.6) is 0 Å². The first-order chi connectivity index (χ1) is 9.10. The van der Waals surface area contributed by atoms with Crippen LogP contribution in [0.3, 0.4) is 0 Å². The van der Waals surface area contributed by atoms with Crippen LogP contribution in [0.1, 0.15) is 32.3 Å². The topological polar surface area (TPSA) is 15.3 Å². The molecule has 0 spiro atoms. The zero-order chi connectivity index (χ0) is 14.3. The van der Waals surface area contributed by atoms with Gasteiger partial charge in [0.25, 0.3) is 0 Å². The van der Waals surface area contributed by atoms with Crippen LogP contribution in [0, 0.1) is 11.7 Å². The summed E-state index contributed by atoms with van der Waals surface area (Å²) in [7, 11) is 4.24. The Kier molecular flexibility index (Phi) is 7.03. The van der Waals surface area contributed by atoms with Gasteiger partial charge in [0.1, 0.15) is 5.82 Å². The van der Waals surface area contributed by atoms with Gasteiger partial charge in [-0.1, -0.05) is 44.9 Å². The van der Waals surface area contributed by atoms with Crippen molar-refractivity contribution in [1.29, 1.82) is 0 Å². The largest absolute Gasteiger partial charge is 0.311 e. The molecule has 1 aromatic carbocycles. The Morgan fingerprint density at radius 3 is 2.32 bits per heavy atom. The van der Waals surface area contributed by atoms with Crippen molar-refractivity contribution < 1.29 is 4.39 Å². The molecule has 0 amide bonds. The fourth-order valence-electron chi connectivity index (χ4n) is 2.60. The maximum atomic E-state index is 13.5. The lowest BCUT2D eigenvalue weighted by molar-refractivity contribution is 0.193. The van der Waals surface area contributed by atoms with Crippen LogP contribution >= 0.6 is 0 Å². The van der Waals surface area contributed by atoms with E-state index in [1.165, 1.54) is 18.9 Å². The molecule has 1 aromatic rings. The summed E-state index contributed by atoms with van der Waals surface area (Å²) in [6, 6.07) is 7.46. The zero-order valence-electron chi connectivity index (χ0n) is 12.6. The van der Waals surface area contributed by atoms with E-state index in [1.807, 2.05) is 12.1 Å². The Balaban J connectivity index is 2.51. The van der Waals surface area contributed by atoms with Crippen molar-refractivity contribution in [3.63, 3.8) is 0 Å². The Morgan fingerprint density at radius 2 is 1.79 bits per heavy atom. The second kappa shape index (κ2) is 8.28. The van der Waals surface area contributed by atoms with Gasteiger partial charge in [-0.25, -0.2) is 4.39 Å². The summed E-state index contributed by atoms with van der Waals surface area (Å²) in [5, 5.41) is 3.39. The van der Waals surface area contributed by atoms with Gasteiger partial charge in [0, 0.05) is 24.7 Å². The molecule has 0 saturated heterocycles. The van der Waals surface area contributed by atoms with E-state index in [9.17, 15) is 4.39 Å². The molecule has 0 radical (unpaired) electrons. The van der Waals surface area contributed by atoms with Crippen molar-refractivity contribution in [1.82, 2.24) is 10.2 Å². The molecule has 0 fully saturated rings. The van der Waals surface area contributed by atoms with E-state index >= 15 is 0 Å². The minimum Gasteiger partial charge on any atom is -0.311 e. The number of hydrogen-bond acceptors (Lipinski definition) is 2. The summed E-state index contributed by atoms with van der Waals surface area (Å²) >= 11 is 0. The first-order valence-corrected chi connectivity index (χ1v) is 7.20. The lowest BCUT2D eigenvalue weighted by Crippen LogP contribution is -2.42. The van der Waals surface area contributed by atoms with Gasteiger partial charge in [-0.2, -0.15) is 0 Å². The third kappa shape index (κ3) is 4.92. The highest BCUT2D eigenvalue weighted by molar-refractivity contribution is 5.16. The minimum atomic E-state index is -0.126. The zero-order valence-corrected chi connectivity index (χ0v) is 12.6. The molecule has 0 aromatic heterocycles. The van der Waals surface area contributed by atoms with Crippen LogP contribution < -0.4 is 5.32 Å². The van der Waals surface area contributed by atoms with Gasteiger partial charge in [0.05, 0.1) is 0 Å². The van der Waals surface area contributed by atoms with Crippen LogP contribution in [0.15, 0.2) is 24.3 Å². The fourth-order valence-corrected chi connectivity index (χ4v) is 2.60. The molecule has 108 valence electrons. The first-order valence-electron chi connectivity index (χ1n) is 7.20. The van der Waals surface area contributed by atoms with Crippen molar-refractivity contribution in [3.05, 3.63) is 35.6 Å². The van der Waals surface area contributed by atoms with Gasteiger partial charge in [-0.3, -0.25) is 0 Å². The molecule has 0 heterocycles. The Morgan fingerprint density at radius 1 is 1.16 bits per heavy atom. The molecule has 0 aliphatic heterocycles. The van der Waals surface area contributed by atoms with Crippen LogP contribution in [-0.4, -0.2) is 31.6 Å². The van der Waals surface area contributed by atoms with E-state index in [0.29, 0.717) is 18.5 Å². The van der Waals surface area contributed by atoms with E-state index in [4.69, 9.17) is 0 Å². The highest BCUT2D eigenvalue weighted by atomic mass is 19.1. The van der Waals surface area contributed by atoms with Gasteiger partial charge < -0.3 is 10.2 Å². The Labute approximate surface area is 117 Å². The number of likely N-dealkylation sites (N-methyl/N-ethyl adjacent to an activating group) is 1. The van der Waals surface area contributed by atoms with Gasteiger partial charge in [0.15, 0.2) is 0 Å². The van der Waals surface area contributed by atoms with Crippen LogP contribution in [-0.2, 0) is 6.54 Å². The molecular weight excluding hydrogens is 239 g/mol. The molecule has 0 aliphatic carbocycles. The van der Waals surface area contributed by atoms with Crippen LogP contribution in [0.25, 0.3) is 0 Å². The predicted molar refractivity (Wildman–Crippen MR) is 79.7 cm³/mol. The molecule has 0 aliphatic rings. The fraction of sp³-hybridized carbons (Fsp3) is 0.625. The van der Waals surface area contributed by atoms with Crippen molar-refractivity contribution in [2.45, 2.75) is 39.3 Å². The molecule has 2 nitrogen and oxygen atoms in total. The molecule has 0 bridgehead atoms. The summed E-state index contributed by atoms with van der Waals surface area (Å²) in [6.45, 7) is 5.97. The van der Waals surface area contributed by atoms with E-state index in [0.717, 1.165) is 12.1 Å². The van der Waals surface area contributed by atoms with Crippen LogP contribution in [0.2, 0.25) is 0 Å². The van der Waals surface area contributed by atoms with Crippen molar-refractivity contribution in [2.75, 3.05) is 20.6 Å². The molecular formula is C16H27FN2. The number of halogens is 1. The second-order valence-electron chi connectivity index (χ2n) is 5.33. The summed E-state index contributed by atoms with van der Waals surface area (Å²) in [5.74, 6) is 0.557. The minimum absolute atomic E-state index is 0.126. The maximum absolute atomic E-state index is 13.5. The maximum Gasteiger partial charge on any atom is 0.127 e. The standard InChI is InChI=1S/C16H27FN2/c1-5-13(6-2)16(19(3)4)12-18-11-14-9-7-8-10-15(14)17/h7-10,13,16,18H,5-6,11-12H2,1-4H3. The van der Waals surface area contributed by atoms with Gasteiger partial charge in [-0.05, 0) is 26.1 Å². The van der Waals surface area contributed by atoms with E-state index in [2.05, 4.69) is 38.2 Å². The highest BCUT2D eigenvalue weighted by Crippen LogP contribution is 2.16. The summed E-state index contributed by atoms with van der Waals surface area (Å²) < 4.78 is 13.5. The second-order valence-corrected chi connectivity index (χ2v) is 5.33. The molecule has 1 atom stereocenters. The SMILES string of the molecule is CCC(CC)C(CNCc1ccccc1F)N(C)C. The van der Waals surface area contributed by atoms with Crippen LogP contribution in [0.4, 0.5) is 4.39 Å². The van der Waals surface area contributed by atoms with E-state index in [-0.39, 0.29) is 5.82 Å². The van der Waals surface area contributed by atoms with Gasteiger partial charge in [-0.15, -0.1) is 0 Å². The Bertz CT molecular complexity index is 362. The number of nitrogens with zero attached hydrogens (tertiary/aromatic N) is 1. The highest BCUT2D eigenvalue weighted by Gasteiger charge is 2.20. The van der Waals surface area contributed by atoms with Crippen molar-refractivity contribution in [2.24, 2.45) is 5.92 Å².